The van der Waals surface area contributed by atoms with Crippen LogP contribution in [0.2, 0.25) is 0 Å². The zero-order valence-electron chi connectivity index (χ0n) is 6.43. The third kappa shape index (κ3) is 5.57. The highest BCUT2D eigenvalue weighted by Crippen LogP contribution is 2.05. The molecule has 0 spiro atoms. The highest BCUT2D eigenvalue weighted by molar-refractivity contribution is 4.81. The normalized spacial score (nSPS) is 13.8. The molecule has 0 aromatic rings. The van der Waals surface area contributed by atoms with Crippen LogP contribution in [0.3, 0.4) is 0 Å². The molecule has 0 aliphatic heterocycles. The lowest BCUT2D eigenvalue weighted by atomic mass is 10.0. The second-order valence-corrected chi connectivity index (χ2v) is 2.87. The van der Waals surface area contributed by atoms with E-state index in [0.717, 1.165) is 12.3 Å². The topological polar surface area (TPSA) is 26.0 Å². The molecule has 0 aromatic carbocycles. The van der Waals surface area contributed by atoms with Gasteiger partial charge >= 0.3 is 0 Å². The third-order valence-electron chi connectivity index (χ3n) is 1.38. The summed E-state index contributed by atoms with van der Waals surface area (Å²) < 4.78 is 0. The standard InChI is InChI=1S/C8H17N/c1-4-8(9)6-5-7(2)3/h4,7-8H,1,5-6,9H2,2-3H3. The molecule has 0 bridgehead atoms. The molecule has 2 N–H and O–H groups in total. The number of nitrogens with two attached hydrogens (primary N) is 1. The van der Waals surface area contributed by atoms with Gasteiger partial charge in [-0.15, -0.1) is 6.58 Å². The van der Waals surface area contributed by atoms with Gasteiger partial charge in [-0.2, -0.15) is 0 Å². The van der Waals surface area contributed by atoms with Crippen molar-refractivity contribution in [2.24, 2.45) is 11.7 Å². The van der Waals surface area contributed by atoms with Crippen molar-refractivity contribution in [1.82, 2.24) is 0 Å². The van der Waals surface area contributed by atoms with Gasteiger partial charge in [-0.05, 0) is 18.8 Å². The molecule has 0 radical (unpaired) electrons. The summed E-state index contributed by atoms with van der Waals surface area (Å²) in [5.74, 6) is 0.760. The summed E-state index contributed by atoms with van der Waals surface area (Å²) in [6, 6.07) is 0.201. The predicted molar refractivity (Wildman–Crippen MR) is 42.2 cm³/mol. The number of hydrogen-bond acceptors (Lipinski definition) is 1. The molecule has 0 fully saturated rings. The second-order valence-electron chi connectivity index (χ2n) is 2.87. The minimum Gasteiger partial charge on any atom is -0.324 e. The Hall–Kier alpha value is -0.300. The van der Waals surface area contributed by atoms with Crippen LogP contribution in [-0.4, -0.2) is 6.04 Å². The van der Waals surface area contributed by atoms with E-state index in [0.29, 0.717) is 0 Å². The fourth-order valence-electron chi connectivity index (χ4n) is 0.644. The quantitative estimate of drug-likeness (QED) is 0.574. The SMILES string of the molecule is C=CC(N)CCC(C)C. The Kier molecular flexibility index (Phi) is 4.41. The summed E-state index contributed by atoms with van der Waals surface area (Å²) in [6.07, 6.45) is 4.08. The largest absolute Gasteiger partial charge is 0.324 e. The van der Waals surface area contributed by atoms with E-state index in [4.69, 9.17) is 5.73 Å². The summed E-state index contributed by atoms with van der Waals surface area (Å²) >= 11 is 0. The highest BCUT2D eigenvalue weighted by Gasteiger charge is 1.97. The van der Waals surface area contributed by atoms with Crippen molar-refractivity contribution < 1.29 is 0 Å². The molecule has 0 saturated carbocycles. The smallest absolute Gasteiger partial charge is 0.0221 e. The summed E-state index contributed by atoms with van der Waals surface area (Å²) in [7, 11) is 0. The van der Waals surface area contributed by atoms with E-state index < -0.39 is 0 Å². The van der Waals surface area contributed by atoms with Crippen molar-refractivity contribution in [1.29, 1.82) is 0 Å². The van der Waals surface area contributed by atoms with Gasteiger partial charge in [-0.3, -0.25) is 0 Å². The van der Waals surface area contributed by atoms with E-state index in [2.05, 4.69) is 20.4 Å². The van der Waals surface area contributed by atoms with Gasteiger partial charge in [0.2, 0.25) is 0 Å². The van der Waals surface area contributed by atoms with Crippen LogP contribution in [0, 0.1) is 5.92 Å². The molecule has 0 rings (SSSR count). The molecule has 0 amide bonds. The van der Waals surface area contributed by atoms with Crippen LogP contribution in [0.15, 0.2) is 12.7 Å². The maximum absolute atomic E-state index is 5.60. The summed E-state index contributed by atoms with van der Waals surface area (Å²) in [6.45, 7) is 8.02. The van der Waals surface area contributed by atoms with Crippen LogP contribution in [0.5, 0.6) is 0 Å². The highest BCUT2D eigenvalue weighted by atomic mass is 14.6. The summed E-state index contributed by atoms with van der Waals surface area (Å²) in [4.78, 5) is 0. The zero-order chi connectivity index (χ0) is 7.28. The molecule has 9 heavy (non-hydrogen) atoms. The Labute approximate surface area is 57.9 Å². The molecular weight excluding hydrogens is 110 g/mol. The van der Waals surface area contributed by atoms with Gasteiger partial charge in [-0.1, -0.05) is 19.9 Å². The van der Waals surface area contributed by atoms with Gasteiger partial charge in [0, 0.05) is 6.04 Å². The van der Waals surface area contributed by atoms with Gasteiger partial charge in [0.1, 0.15) is 0 Å². The van der Waals surface area contributed by atoms with E-state index in [-0.39, 0.29) is 6.04 Å². The van der Waals surface area contributed by atoms with Crippen molar-refractivity contribution in [3.63, 3.8) is 0 Å². The van der Waals surface area contributed by atoms with Crippen LogP contribution in [0.4, 0.5) is 0 Å². The van der Waals surface area contributed by atoms with Gasteiger partial charge in [0.25, 0.3) is 0 Å². The average Bonchev–Trinajstić information content (AvgIpc) is 1.83. The van der Waals surface area contributed by atoms with E-state index >= 15 is 0 Å². The Bertz CT molecular complexity index is 76.6. The monoisotopic (exact) mass is 127 g/mol. The average molecular weight is 127 g/mol. The van der Waals surface area contributed by atoms with Crippen LogP contribution >= 0.6 is 0 Å². The van der Waals surface area contributed by atoms with Crippen LogP contribution in [0.1, 0.15) is 26.7 Å². The molecule has 0 aliphatic rings. The van der Waals surface area contributed by atoms with Gasteiger partial charge < -0.3 is 5.73 Å². The summed E-state index contributed by atoms with van der Waals surface area (Å²) in [5, 5.41) is 0. The maximum Gasteiger partial charge on any atom is 0.0221 e. The summed E-state index contributed by atoms with van der Waals surface area (Å²) in [5.41, 5.74) is 5.60. The molecule has 0 aromatic heterocycles. The molecule has 54 valence electrons. The lowest BCUT2D eigenvalue weighted by Crippen LogP contribution is -2.16. The van der Waals surface area contributed by atoms with E-state index in [9.17, 15) is 0 Å². The molecular formula is C8H17N. The van der Waals surface area contributed by atoms with Crippen LogP contribution < -0.4 is 5.73 Å². The Balaban J connectivity index is 3.16. The fraction of sp³-hybridized carbons (Fsp3) is 0.750. The Morgan fingerprint density at radius 2 is 2.00 bits per heavy atom. The first-order valence-electron chi connectivity index (χ1n) is 3.55. The zero-order valence-corrected chi connectivity index (χ0v) is 6.43. The molecule has 1 atom stereocenters. The fourth-order valence-corrected chi connectivity index (χ4v) is 0.644. The van der Waals surface area contributed by atoms with E-state index in [1.54, 1.807) is 0 Å². The van der Waals surface area contributed by atoms with Crippen molar-refractivity contribution >= 4 is 0 Å². The van der Waals surface area contributed by atoms with Gasteiger partial charge in [0.05, 0.1) is 0 Å². The molecule has 0 heterocycles. The van der Waals surface area contributed by atoms with E-state index in [1.807, 2.05) is 6.08 Å². The number of hydrogen-bond donors (Lipinski definition) is 1. The maximum atomic E-state index is 5.60. The third-order valence-corrected chi connectivity index (χ3v) is 1.38. The molecule has 1 heteroatoms. The van der Waals surface area contributed by atoms with Crippen molar-refractivity contribution in [2.45, 2.75) is 32.7 Å². The first kappa shape index (κ1) is 8.70. The van der Waals surface area contributed by atoms with Crippen LogP contribution in [-0.2, 0) is 0 Å². The predicted octanol–water partition coefficient (Wildman–Crippen LogP) is 1.94. The molecule has 1 nitrogen and oxygen atoms in total. The van der Waals surface area contributed by atoms with Crippen LogP contribution in [0.25, 0.3) is 0 Å². The van der Waals surface area contributed by atoms with Crippen molar-refractivity contribution in [2.75, 3.05) is 0 Å². The minimum atomic E-state index is 0.201. The minimum absolute atomic E-state index is 0.201. The first-order valence-corrected chi connectivity index (χ1v) is 3.55. The van der Waals surface area contributed by atoms with Gasteiger partial charge in [-0.25, -0.2) is 0 Å². The van der Waals surface area contributed by atoms with E-state index in [1.165, 1.54) is 6.42 Å². The van der Waals surface area contributed by atoms with Crippen molar-refractivity contribution in [3.8, 4) is 0 Å². The lowest BCUT2D eigenvalue weighted by Gasteiger charge is -2.06. The lowest BCUT2D eigenvalue weighted by molar-refractivity contribution is 0.532. The Morgan fingerprint density at radius 1 is 1.44 bits per heavy atom. The number of rotatable bonds is 4. The molecule has 1 unspecified atom stereocenters. The van der Waals surface area contributed by atoms with Crippen molar-refractivity contribution in [3.05, 3.63) is 12.7 Å². The Morgan fingerprint density at radius 3 is 2.33 bits per heavy atom. The molecule has 0 saturated heterocycles. The molecule has 0 aliphatic carbocycles. The van der Waals surface area contributed by atoms with Gasteiger partial charge in [0.15, 0.2) is 0 Å². The second kappa shape index (κ2) is 4.57. The first-order chi connectivity index (χ1) is 4.16.